The second-order valence-electron chi connectivity index (χ2n) is 4.68. The molecule has 21 heavy (non-hydrogen) atoms. The van der Waals surface area contributed by atoms with Crippen molar-refractivity contribution >= 4 is 11.9 Å². The van der Waals surface area contributed by atoms with E-state index in [4.69, 9.17) is 15.0 Å². The molecule has 0 bridgehead atoms. The summed E-state index contributed by atoms with van der Waals surface area (Å²) in [4.78, 5) is 16.5. The zero-order valence-electron chi connectivity index (χ0n) is 12.5. The highest BCUT2D eigenvalue weighted by atomic mass is 16.5. The Balaban J connectivity index is 2.11. The van der Waals surface area contributed by atoms with Gasteiger partial charge in [0.05, 0.1) is 18.3 Å². The maximum Gasteiger partial charge on any atom is 0.323 e. The summed E-state index contributed by atoms with van der Waals surface area (Å²) in [7, 11) is 0. The number of hydrazine groups is 1. The van der Waals surface area contributed by atoms with Crippen molar-refractivity contribution < 1.29 is 9.15 Å². The van der Waals surface area contributed by atoms with E-state index in [1.165, 1.54) is 0 Å². The average molecular weight is 293 g/mol. The van der Waals surface area contributed by atoms with Crippen molar-refractivity contribution in [3.8, 4) is 6.01 Å². The first kappa shape index (κ1) is 15.0. The van der Waals surface area contributed by atoms with Crippen LogP contribution in [0.4, 0.5) is 11.9 Å². The largest absolute Gasteiger partial charge is 0.461 e. The van der Waals surface area contributed by atoms with E-state index in [2.05, 4.69) is 30.7 Å². The molecule has 9 heteroatoms. The maximum absolute atomic E-state index is 5.47. The average Bonchev–Trinajstić information content (AvgIpc) is 2.74. The van der Waals surface area contributed by atoms with Crippen LogP contribution in [-0.2, 0) is 6.54 Å². The number of nitrogens with one attached hydrogen (secondary N) is 2. The summed E-state index contributed by atoms with van der Waals surface area (Å²) in [6, 6.07) is 0.190. The van der Waals surface area contributed by atoms with Crippen LogP contribution in [0.2, 0.25) is 0 Å². The standard InChI is InChI=1S/C12H19N7O2/c1-6(2)20-12-17-10(16-11(18-12)19-13)14-5-9-15-7(3)8(4)21-9/h6H,5,13H2,1-4H3,(H2,14,16,17,18,19). The zero-order chi connectivity index (χ0) is 15.4. The first-order valence-electron chi connectivity index (χ1n) is 6.54. The molecule has 2 aromatic heterocycles. The Morgan fingerprint density at radius 2 is 1.86 bits per heavy atom. The molecule has 2 rings (SSSR count). The van der Waals surface area contributed by atoms with Gasteiger partial charge in [-0.05, 0) is 27.7 Å². The second kappa shape index (κ2) is 6.35. The molecule has 0 amide bonds. The molecule has 2 aromatic rings. The molecule has 0 aliphatic rings. The predicted molar refractivity (Wildman–Crippen MR) is 76.7 cm³/mol. The summed E-state index contributed by atoms with van der Waals surface area (Å²) < 4.78 is 10.9. The van der Waals surface area contributed by atoms with Crippen LogP contribution in [0.15, 0.2) is 4.42 Å². The molecule has 0 spiro atoms. The van der Waals surface area contributed by atoms with Crippen LogP contribution in [0.3, 0.4) is 0 Å². The number of hydrogen-bond acceptors (Lipinski definition) is 9. The summed E-state index contributed by atoms with van der Waals surface area (Å²) in [5, 5.41) is 3.00. The Bertz CT molecular complexity index is 592. The zero-order valence-corrected chi connectivity index (χ0v) is 12.5. The van der Waals surface area contributed by atoms with Gasteiger partial charge < -0.3 is 14.5 Å². The number of hydrogen-bond donors (Lipinski definition) is 3. The molecule has 0 aliphatic carbocycles. The Morgan fingerprint density at radius 1 is 1.14 bits per heavy atom. The fourth-order valence-electron chi connectivity index (χ4n) is 1.53. The van der Waals surface area contributed by atoms with E-state index in [-0.39, 0.29) is 18.1 Å². The van der Waals surface area contributed by atoms with Crippen molar-refractivity contribution in [3.05, 3.63) is 17.3 Å². The van der Waals surface area contributed by atoms with Crippen molar-refractivity contribution in [1.29, 1.82) is 0 Å². The van der Waals surface area contributed by atoms with E-state index in [0.29, 0.717) is 18.4 Å². The van der Waals surface area contributed by atoms with Gasteiger partial charge in [0.25, 0.3) is 0 Å². The smallest absolute Gasteiger partial charge is 0.323 e. The molecule has 0 radical (unpaired) electrons. The summed E-state index contributed by atoms with van der Waals surface area (Å²) >= 11 is 0. The Kier molecular flexibility index (Phi) is 4.53. The van der Waals surface area contributed by atoms with E-state index in [9.17, 15) is 0 Å². The molecule has 4 N–H and O–H groups in total. The summed E-state index contributed by atoms with van der Waals surface area (Å²) in [6.45, 7) is 7.86. The number of aromatic nitrogens is 4. The summed E-state index contributed by atoms with van der Waals surface area (Å²) in [5.41, 5.74) is 3.23. The lowest BCUT2D eigenvalue weighted by molar-refractivity contribution is 0.222. The highest BCUT2D eigenvalue weighted by Gasteiger charge is 2.10. The van der Waals surface area contributed by atoms with Gasteiger partial charge in [-0.2, -0.15) is 15.0 Å². The first-order valence-corrected chi connectivity index (χ1v) is 6.54. The predicted octanol–water partition coefficient (Wildman–Crippen LogP) is 1.16. The first-order chi connectivity index (χ1) is 9.97. The number of nitrogens with zero attached hydrogens (tertiary/aromatic N) is 4. The van der Waals surface area contributed by atoms with Gasteiger partial charge in [-0.15, -0.1) is 0 Å². The second-order valence-corrected chi connectivity index (χ2v) is 4.68. The molecular formula is C12H19N7O2. The van der Waals surface area contributed by atoms with Crippen LogP contribution in [0.1, 0.15) is 31.2 Å². The minimum atomic E-state index is -0.0529. The van der Waals surface area contributed by atoms with Crippen LogP contribution < -0.4 is 21.3 Å². The molecule has 0 unspecified atom stereocenters. The van der Waals surface area contributed by atoms with Crippen molar-refractivity contribution in [2.24, 2.45) is 5.84 Å². The minimum absolute atomic E-state index is 0.0529. The molecule has 2 heterocycles. The lowest BCUT2D eigenvalue weighted by Crippen LogP contribution is -2.16. The monoisotopic (exact) mass is 293 g/mol. The van der Waals surface area contributed by atoms with Crippen LogP contribution in [-0.4, -0.2) is 26.0 Å². The number of oxazole rings is 1. The number of aryl methyl sites for hydroxylation is 2. The van der Waals surface area contributed by atoms with Gasteiger partial charge in [0.1, 0.15) is 5.76 Å². The molecule has 0 atom stereocenters. The van der Waals surface area contributed by atoms with E-state index in [0.717, 1.165) is 11.5 Å². The summed E-state index contributed by atoms with van der Waals surface area (Å²) in [6.07, 6.45) is -0.0529. The fraction of sp³-hybridized carbons (Fsp3) is 0.500. The van der Waals surface area contributed by atoms with Crippen LogP contribution in [0.5, 0.6) is 6.01 Å². The highest BCUT2D eigenvalue weighted by molar-refractivity contribution is 5.35. The lowest BCUT2D eigenvalue weighted by atomic mass is 10.4. The van der Waals surface area contributed by atoms with Gasteiger partial charge in [0.15, 0.2) is 0 Å². The number of nitrogen functional groups attached to an aromatic ring is 1. The summed E-state index contributed by atoms with van der Waals surface area (Å²) in [5.74, 6) is 7.21. The van der Waals surface area contributed by atoms with E-state index in [1.807, 2.05) is 27.7 Å². The topological polar surface area (TPSA) is 124 Å². The Labute approximate surface area is 122 Å². The van der Waals surface area contributed by atoms with Crippen molar-refractivity contribution in [3.63, 3.8) is 0 Å². The van der Waals surface area contributed by atoms with E-state index in [1.54, 1.807) is 0 Å². The third-order valence-electron chi connectivity index (χ3n) is 2.56. The number of rotatable bonds is 6. The van der Waals surface area contributed by atoms with E-state index < -0.39 is 0 Å². The molecule has 0 aliphatic heterocycles. The SMILES string of the molecule is Cc1nc(CNc2nc(NN)nc(OC(C)C)n2)oc1C. The quantitative estimate of drug-likeness (QED) is 0.531. The maximum atomic E-state index is 5.47. The normalized spacial score (nSPS) is 10.8. The molecule has 0 aromatic carbocycles. The van der Waals surface area contributed by atoms with Crippen molar-refractivity contribution in [1.82, 2.24) is 19.9 Å². The highest BCUT2D eigenvalue weighted by Crippen LogP contribution is 2.14. The van der Waals surface area contributed by atoms with Gasteiger partial charge in [0.2, 0.25) is 17.8 Å². The van der Waals surface area contributed by atoms with Gasteiger partial charge >= 0.3 is 6.01 Å². The van der Waals surface area contributed by atoms with Crippen LogP contribution in [0, 0.1) is 13.8 Å². The Morgan fingerprint density at radius 3 is 2.43 bits per heavy atom. The molecular weight excluding hydrogens is 274 g/mol. The van der Waals surface area contributed by atoms with Gasteiger partial charge in [-0.3, -0.25) is 5.43 Å². The van der Waals surface area contributed by atoms with Gasteiger partial charge in [0, 0.05) is 0 Å². The fourth-order valence-corrected chi connectivity index (χ4v) is 1.53. The third-order valence-corrected chi connectivity index (χ3v) is 2.56. The Hall–Kier alpha value is -2.42. The van der Waals surface area contributed by atoms with Gasteiger partial charge in [-0.1, -0.05) is 0 Å². The molecule has 0 saturated heterocycles. The molecule has 114 valence electrons. The molecule has 0 fully saturated rings. The molecule has 0 saturated carbocycles. The van der Waals surface area contributed by atoms with Crippen molar-refractivity contribution in [2.75, 3.05) is 10.7 Å². The lowest BCUT2D eigenvalue weighted by Gasteiger charge is -2.10. The van der Waals surface area contributed by atoms with E-state index >= 15 is 0 Å². The third kappa shape index (κ3) is 4.02. The minimum Gasteiger partial charge on any atom is -0.461 e. The number of ether oxygens (including phenoxy) is 1. The van der Waals surface area contributed by atoms with Crippen LogP contribution >= 0.6 is 0 Å². The van der Waals surface area contributed by atoms with Crippen molar-refractivity contribution in [2.45, 2.75) is 40.3 Å². The van der Waals surface area contributed by atoms with Gasteiger partial charge in [-0.25, -0.2) is 10.8 Å². The number of anilines is 2. The number of nitrogens with two attached hydrogens (primary N) is 1. The van der Waals surface area contributed by atoms with Crippen LogP contribution in [0.25, 0.3) is 0 Å². The molecule has 9 nitrogen and oxygen atoms in total.